The highest BCUT2D eigenvalue weighted by molar-refractivity contribution is 6.28. The molecule has 0 unspecified atom stereocenters. The second kappa shape index (κ2) is 11.6. The fourth-order valence-electron chi connectivity index (χ4n) is 7.92. The summed E-state index contributed by atoms with van der Waals surface area (Å²) in [7, 11) is 0. The first kappa shape index (κ1) is 29.2. The van der Waals surface area contributed by atoms with Crippen LogP contribution in [0.25, 0.3) is 54.6 Å². The molecule has 0 radical (unpaired) electrons. The molecular weight excluding hydrogens is 593 g/mol. The van der Waals surface area contributed by atoms with Crippen LogP contribution >= 0.6 is 0 Å². The van der Waals surface area contributed by atoms with Gasteiger partial charge in [0.05, 0.1) is 6.54 Å². The maximum absolute atomic E-state index is 5.49. The molecule has 0 amide bonds. The average molecular weight is 629 g/mol. The van der Waals surface area contributed by atoms with E-state index < -0.39 is 0 Å². The monoisotopic (exact) mass is 628 g/mol. The molecule has 0 heterocycles. The Kier molecular flexibility index (Phi) is 6.91. The number of hydrogen-bond donors (Lipinski definition) is 1. The molecule has 0 aromatic heterocycles. The minimum absolute atomic E-state index is 0.0162. The molecule has 49 heavy (non-hydrogen) atoms. The Bertz CT molecular complexity index is 2580. The Labute approximate surface area is 287 Å². The largest absolute Gasteiger partial charge is 0.340 e. The summed E-state index contributed by atoms with van der Waals surface area (Å²) in [6, 6.07) is 59.1. The van der Waals surface area contributed by atoms with Gasteiger partial charge in [-0.25, -0.2) is 0 Å². The second-order valence-electron chi connectivity index (χ2n) is 13.6. The molecule has 1 aliphatic rings. The summed E-state index contributed by atoms with van der Waals surface area (Å²) in [6.45, 7) is 5.20. The molecule has 0 bridgehead atoms. The van der Waals surface area contributed by atoms with Gasteiger partial charge in [-0.2, -0.15) is 0 Å². The predicted molar refractivity (Wildman–Crippen MR) is 209 cm³/mol. The van der Waals surface area contributed by atoms with Gasteiger partial charge in [-0.05, 0) is 90.1 Å². The van der Waals surface area contributed by atoms with Crippen LogP contribution in [0.2, 0.25) is 0 Å². The number of nitrogens with zero attached hydrogens (tertiary/aromatic N) is 1. The Morgan fingerprint density at radius 3 is 2.04 bits per heavy atom. The van der Waals surface area contributed by atoms with Crippen LogP contribution in [0.15, 0.2) is 169 Å². The topological polar surface area (TPSA) is 24.4 Å². The molecule has 1 N–H and O–H groups in total. The van der Waals surface area contributed by atoms with Crippen LogP contribution in [0.3, 0.4) is 0 Å². The number of benzene rings is 8. The summed E-state index contributed by atoms with van der Waals surface area (Å²) >= 11 is 0. The fourth-order valence-corrected chi connectivity index (χ4v) is 7.92. The van der Waals surface area contributed by atoms with Gasteiger partial charge in [0.15, 0.2) is 0 Å². The molecule has 234 valence electrons. The number of fused-ring (bicyclic) bond motifs is 7. The Balaban J connectivity index is 1.22. The molecule has 0 saturated carbocycles. The smallest absolute Gasteiger partial charge is 0.134 e. The van der Waals surface area contributed by atoms with Crippen molar-refractivity contribution in [3.8, 4) is 22.3 Å². The molecule has 0 spiro atoms. The molecule has 8 aromatic rings. The Hall–Kier alpha value is -5.99. The number of amidine groups is 1. The lowest BCUT2D eigenvalue weighted by Crippen LogP contribution is -2.15. The molecule has 2 heteroatoms. The van der Waals surface area contributed by atoms with Crippen molar-refractivity contribution in [3.05, 3.63) is 186 Å². The maximum Gasteiger partial charge on any atom is 0.134 e. The molecule has 0 fully saturated rings. The van der Waals surface area contributed by atoms with Gasteiger partial charge in [0.25, 0.3) is 0 Å². The number of nitrogens with one attached hydrogen (secondary N) is 1. The standard InChI is InChI=1S/C47H36N2/c1-47(2)42-23-13-12-22-40(42)41-29-33(26-27-43(41)47)37-19-9-8-16-35(37)30-48-46(49-36-17-4-3-5-18-36)45-39-21-11-7-15-32(39)28-34-25-24-31-14-6-10-20-38(31)44(34)45/h3-29H,30H2,1-2H3,(H,48,49). The van der Waals surface area contributed by atoms with Gasteiger partial charge >= 0.3 is 0 Å². The summed E-state index contributed by atoms with van der Waals surface area (Å²) in [4.78, 5) is 5.49. The van der Waals surface area contributed by atoms with Gasteiger partial charge in [0.2, 0.25) is 0 Å². The summed E-state index contributed by atoms with van der Waals surface area (Å²) in [5, 5.41) is 11.0. The van der Waals surface area contributed by atoms with E-state index in [1.165, 1.54) is 71.3 Å². The van der Waals surface area contributed by atoms with Gasteiger partial charge in [0, 0.05) is 22.1 Å². The van der Waals surface area contributed by atoms with Crippen molar-refractivity contribution in [3.63, 3.8) is 0 Å². The molecule has 0 saturated heterocycles. The lowest BCUT2D eigenvalue weighted by atomic mass is 9.82. The number of aliphatic imine (C=N–C) groups is 1. The van der Waals surface area contributed by atoms with E-state index in [0.717, 1.165) is 17.1 Å². The molecule has 1 aliphatic carbocycles. The first-order valence-electron chi connectivity index (χ1n) is 17.1. The van der Waals surface area contributed by atoms with Crippen LogP contribution in [0.1, 0.15) is 36.1 Å². The van der Waals surface area contributed by atoms with E-state index >= 15 is 0 Å². The zero-order valence-electron chi connectivity index (χ0n) is 27.7. The van der Waals surface area contributed by atoms with Crippen LogP contribution < -0.4 is 5.32 Å². The van der Waals surface area contributed by atoms with E-state index in [4.69, 9.17) is 4.99 Å². The number of rotatable bonds is 5. The van der Waals surface area contributed by atoms with Crippen LogP contribution in [-0.2, 0) is 12.0 Å². The van der Waals surface area contributed by atoms with Crippen molar-refractivity contribution in [2.75, 3.05) is 5.32 Å². The highest BCUT2D eigenvalue weighted by Gasteiger charge is 2.35. The first-order chi connectivity index (χ1) is 24.1. The predicted octanol–water partition coefficient (Wildman–Crippen LogP) is 12.2. The van der Waals surface area contributed by atoms with Crippen LogP contribution in [-0.4, -0.2) is 5.84 Å². The molecule has 0 atom stereocenters. The van der Waals surface area contributed by atoms with E-state index in [-0.39, 0.29) is 5.41 Å². The van der Waals surface area contributed by atoms with Crippen molar-refractivity contribution in [2.45, 2.75) is 25.8 Å². The maximum atomic E-state index is 5.49. The zero-order chi connectivity index (χ0) is 33.0. The van der Waals surface area contributed by atoms with Gasteiger partial charge in [-0.15, -0.1) is 0 Å². The van der Waals surface area contributed by atoms with Crippen LogP contribution in [0, 0.1) is 0 Å². The van der Waals surface area contributed by atoms with Crippen molar-refractivity contribution < 1.29 is 0 Å². The minimum Gasteiger partial charge on any atom is -0.340 e. The molecule has 9 rings (SSSR count). The third-order valence-corrected chi connectivity index (χ3v) is 10.3. The van der Waals surface area contributed by atoms with E-state index in [9.17, 15) is 0 Å². The minimum atomic E-state index is -0.0162. The second-order valence-corrected chi connectivity index (χ2v) is 13.6. The lowest BCUT2D eigenvalue weighted by molar-refractivity contribution is 0.660. The van der Waals surface area contributed by atoms with Crippen LogP contribution in [0.5, 0.6) is 0 Å². The average Bonchev–Trinajstić information content (AvgIpc) is 3.38. The molecule has 8 aromatic carbocycles. The molecule has 2 nitrogen and oxygen atoms in total. The quantitative estimate of drug-likeness (QED) is 0.0872. The summed E-state index contributed by atoms with van der Waals surface area (Å²) < 4.78 is 0. The van der Waals surface area contributed by atoms with Gasteiger partial charge < -0.3 is 5.32 Å². The number of para-hydroxylation sites is 1. The summed E-state index contributed by atoms with van der Waals surface area (Å²) in [6.07, 6.45) is 0. The van der Waals surface area contributed by atoms with Gasteiger partial charge in [-0.1, -0.05) is 153 Å². The third-order valence-electron chi connectivity index (χ3n) is 10.3. The Morgan fingerprint density at radius 1 is 0.531 bits per heavy atom. The van der Waals surface area contributed by atoms with Crippen LogP contribution in [0.4, 0.5) is 5.69 Å². The zero-order valence-corrected chi connectivity index (χ0v) is 27.7. The summed E-state index contributed by atoms with van der Waals surface area (Å²) in [5.74, 6) is 0.865. The first-order valence-corrected chi connectivity index (χ1v) is 17.1. The highest BCUT2D eigenvalue weighted by Crippen LogP contribution is 2.49. The van der Waals surface area contributed by atoms with Gasteiger partial charge in [0.1, 0.15) is 5.84 Å². The van der Waals surface area contributed by atoms with E-state index in [2.05, 4.69) is 183 Å². The molecular formula is C47H36N2. The van der Waals surface area contributed by atoms with E-state index in [0.29, 0.717) is 6.54 Å². The SMILES string of the molecule is CC1(C)c2ccccc2-c2cc(-c3ccccc3CN=C(Nc3ccccc3)c3c4ccccc4cc4ccc5ccccc5c34)ccc21. The Morgan fingerprint density at radius 2 is 1.18 bits per heavy atom. The molecule has 0 aliphatic heterocycles. The normalized spacial score (nSPS) is 13.5. The highest BCUT2D eigenvalue weighted by atomic mass is 15.0. The number of anilines is 1. The van der Waals surface area contributed by atoms with Crippen molar-refractivity contribution >= 4 is 43.8 Å². The van der Waals surface area contributed by atoms with Crippen molar-refractivity contribution in [1.29, 1.82) is 0 Å². The van der Waals surface area contributed by atoms with Gasteiger partial charge in [-0.3, -0.25) is 4.99 Å². The van der Waals surface area contributed by atoms with Crippen molar-refractivity contribution in [1.82, 2.24) is 0 Å². The number of hydrogen-bond acceptors (Lipinski definition) is 1. The van der Waals surface area contributed by atoms with E-state index in [1.54, 1.807) is 0 Å². The third kappa shape index (κ3) is 4.91. The lowest BCUT2D eigenvalue weighted by Gasteiger charge is -2.21. The van der Waals surface area contributed by atoms with E-state index in [1.807, 2.05) is 0 Å². The summed E-state index contributed by atoms with van der Waals surface area (Å²) in [5.41, 5.74) is 11.2. The fraction of sp³-hybridized carbons (Fsp3) is 0.0851. The van der Waals surface area contributed by atoms with Crippen molar-refractivity contribution in [2.24, 2.45) is 4.99 Å².